The van der Waals surface area contributed by atoms with E-state index in [4.69, 9.17) is 5.73 Å². The molecule has 2 atom stereocenters. The molecule has 0 aromatic carbocycles. The lowest BCUT2D eigenvalue weighted by Crippen LogP contribution is -2.52. The lowest BCUT2D eigenvalue weighted by molar-refractivity contribution is -0.130. The third kappa shape index (κ3) is 3.61. The topological polar surface area (TPSA) is 49.6 Å². The van der Waals surface area contributed by atoms with E-state index in [1.165, 1.54) is 4.88 Å². The molecule has 0 aliphatic carbocycles. The molecule has 1 fully saturated rings. The van der Waals surface area contributed by atoms with E-state index < -0.39 is 0 Å². The summed E-state index contributed by atoms with van der Waals surface area (Å²) in [5.74, 6) is 0.167. The molecule has 1 aliphatic heterocycles. The Morgan fingerprint density at radius 1 is 1.40 bits per heavy atom. The Morgan fingerprint density at radius 2 is 2.05 bits per heavy atom. The number of thiophene rings is 1. The maximum absolute atomic E-state index is 11.4. The largest absolute Gasteiger partial charge is 0.340 e. The number of rotatable bonds is 4. The molecular weight excluding hydrogens is 338 g/mol. The van der Waals surface area contributed by atoms with Gasteiger partial charge in [0.25, 0.3) is 0 Å². The average Bonchev–Trinajstić information content (AvgIpc) is 2.85. The van der Waals surface area contributed by atoms with Crippen molar-refractivity contribution in [2.75, 3.05) is 26.2 Å². The van der Waals surface area contributed by atoms with Crippen LogP contribution in [-0.2, 0) is 4.79 Å². The number of nitrogens with two attached hydrogens (primary N) is 1. The van der Waals surface area contributed by atoms with Gasteiger partial charge in [-0.15, -0.1) is 11.3 Å². The second-order valence-corrected chi connectivity index (χ2v) is 7.70. The van der Waals surface area contributed by atoms with Crippen LogP contribution in [0.1, 0.15) is 31.2 Å². The molecule has 1 aromatic heterocycles. The highest BCUT2D eigenvalue weighted by atomic mass is 79.9. The summed E-state index contributed by atoms with van der Waals surface area (Å²) in [7, 11) is 0. The van der Waals surface area contributed by atoms with Crippen LogP contribution in [0.25, 0.3) is 0 Å². The molecule has 2 heterocycles. The molecular formula is C14H22BrN3OS. The van der Waals surface area contributed by atoms with Gasteiger partial charge in [0, 0.05) is 44.0 Å². The van der Waals surface area contributed by atoms with Crippen molar-refractivity contribution in [1.29, 1.82) is 0 Å². The molecule has 1 amide bonds. The van der Waals surface area contributed by atoms with Gasteiger partial charge in [0.1, 0.15) is 0 Å². The summed E-state index contributed by atoms with van der Waals surface area (Å²) in [5.41, 5.74) is 6.35. The third-order valence-corrected chi connectivity index (χ3v) is 5.61. The van der Waals surface area contributed by atoms with Gasteiger partial charge in [-0.25, -0.2) is 0 Å². The van der Waals surface area contributed by atoms with E-state index in [9.17, 15) is 4.79 Å². The maximum atomic E-state index is 11.4. The summed E-state index contributed by atoms with van der Waals surface area (Å²) in [4.78, 5) is 17.1. The van der Waals surface area contributed by atoms with Gasteiger partial charge in [-0.3, -0.25) is 9.69 Å². The van der Waals surface area contributed by atoms with Gasteiger partial charge in [0.15, 0.2) is 0 Å². The molecule has 1 saturated heterocycles. The van der Waals surface area contributed by atoms with Gasteiger partial charge in [-0.05, 0) is 34.5 Å². The fraction of sp³-hybridized carbons (Fsp3) is 0.643. The molecule has 2 N–H and O–H groups in total. The van der Waals surface area contributed by atoms with Gasteiger partial charge in [-0.2, -0.15) is 0 Å². The number of carbonyl (C=O) groups excluding carboxylic acids is 1. The van der Waals surface area contributed by atoms with Crippen LogP contribution in [0.5, 0.6) is 0 Å². The summed E-state index contributed by atoms with van der Waals surface area (Å²) in [6.45, 7) is 7.16. The van der Waals surface area contributed by atoms with E-state index in [0.29, 0.717) is 0 Å². The number of amides is 1. The van der Waals surface area contributed by atoms with E-state index in [2.05, 4.69) is 39.9 Å². The SMILES string of the molecule is CCC(N)C(c1ccc(Br)s1)N1CCN(C(C)=O)CC1. The van der Waals surface area contributed by atoms with Crippen LogP contribution >= 0.6 is 27.3 Å². The van der Waals surface area contributed by atoms with Crippen LogP contribution in [0.4, 0.5) is 0 Å². The molecule has 0 bridgehead atoms. The first-order chi connectivity index (χ1) is 9.52. The van der Waals surface area contributed by atoms with Crippen molar-refractivity contribution >= 4 is 33.2 Å². The molecule has 0 radical (unpaired) electrons. The van der Waals surface area contributed by atoms with E-state index in [1.807, 2.05) is 4.90 Å². The van der Waals surface area contributed by atoms with Crippen LogP contribution < -0.4 is 5.73 Å². The van der Waals surface area contributed by atoms with Crippen LogP contribution in [0.3, 0.4) is 0 Å². The minimum Gasteiger partial charge on any atom is -0.340 e. The quantitative estimate of drug-likeness (QED) is 0.897. The molecule has 20 heavy (non-hydrogen) atoms. The standard InChI is InChI=1S/C14H22BrN3OS/c1-3-11(16)14(12-4-5-13(15)20-12)18-8-6-17(7-9-18)10(2)19/h4-5,11,14H,3,6-9,16H2,1-2H3. The average molecular weight is 360 g/mol. The fourth-order valence-electron chi connectivity index (χ4n) is 2.69. The van der Waals surface area contributed by atoms with Crippen LogP contribution in [-0.4, -0.2) is 47.9 Å². The summed E-state index contributed by atoms with van der Waals surface area (Å²) >= 11 is 5.29. The zero-order chi connectivity index (χ0) is 14.7. The molecule has 2 unspecified atom stereocenters. The van der Waals surface area contributed by atoms with E-state index in [-0.39, 0.29) is 18.0 Å². The minimum absolute atomic E-state index is 0.129. The van der Waals surface area contributed by atoms with Crippen molar-refractivity contribution in [2.24, 2.45) is 5.73 Å². The second kappa shape index (κ2) is 7.02. The van der Waals surface area contributed by atoms with Crippen molar-refractivity contribution in [1.82, 2.24) is 9.80 Å². The van der Waals surface area contributed by atoms with Crippen molar-refractivity contribution in [3.63, 3.8) is 0 Å². The number of hydrogen-bond acceptors (Lipinski definition) is 4. The number of hydrogen-bond donors (Lipinski definition) is 1. The molecule has 6 heteroatoms. The lowest BCUT2D eigenvalue weighted by atomic mass is 10.0. The Balaban J connectivity index is 2.11. The number of carbonyl (C=O) groups is 1. The number of nitrogens with zero attached hydrogens (tertiary/aromatic N) is 2. The van der Waals surface area contributed by atoms with E-state index in [1.54, 1.807) is 18.3 Å². The van der Waals surface area contributed by atoms with Gasteiger partial charge < -0.3 is 10.6 Å². The first kappa shape index (κ1) is 15.9. The van der Waals surface area contributed by atoms with Crippen molar-refractivity contribution in [2.45, 2.75) is 32.4 Å². The Labute approximate surface area is 133 Å². The lowest BCUT2D eigenvalue weighted by Gasteiger charge is -2.40. The Morgan fingerprint density at radius 3 is 2.50 bits per heavy atom. The summed E-state index contributed by atoms with van der Waals surface area (Å²) < 4.78 is 1.14. The highest BCUT2D eigenvalue weighted by Crippen LogP contribution is 2.33. The first-order valence-corrected chi connectivity index (χ1v) is 8.64. The van der Waals surface area contributed by atoms with Crippen molar-refractivity contribution < 1.29 is 4.79 Å². The van der Waals surface area contributed by atoms with E-state index >= 15 is 0 Å². The van der Waals surface area contributed by atoms with Crippen LogP contribution in [0, 0.1) is 0 Å². The maximum Gasteiger partial charge on any atom is 0.219 e. The molecule has 0 spiro atoms. The van der Waals surface area contributed by atoms with Gasteiger partial charge in [0.05, 0.1) is 9.83 Å². The second-order valence-electron chi connectivity index (χ2n) is 5.20. The monoisotopic (exact) mass is 359 g/mol. The molecule has 1 aromatic rings. The van der Waals surface area contributed by atoms with Crippen LogP contribution in [0.2, 0.25) is 0 Å². The normalized spacial score (nSPS) is 19.9. The number of halogens is 1. The Kier molecular flexibility index (Phi) is 5.60. The minimum atomic E-state index is 0.129. The van der Waals surface area contributed by atoms with Crippen molar-refractivity contribution in [3.05, 3.63) is 20.8 Å². The highest BCUT2D eigenvalue weighted by molar-refractivity contribution is 9.11. The highest BCUT2D eigenvalue weighted by Gasteiger charge is 2.30. The van der Waals surface area contributed by atoms with Crippen LogP contribution in [0.15, 0.2) is 15.9 Å². The van der Waals surface area contributed by atoms with Gasteiger partial charge >= 0.3 is 0 Å². The molecule has 2 rings (SSSR count). The van der Waals surface area contributed by atoms with Crippen molar-refractivity contribution in [3.8, 4) is 0 Å². The summed E-state index contributed by atoms with van der Waals surface area (Å²) in [5, 5.41) is 0. The van der Waals surface area contributed by atoms with Gasteiger partial charge in [-0.1, -0.05) is 6.92 Å². The molecule has 1 aliphatic rings. The Bertz CT molecular complexity index is 457. The predicted octanol–water partition coefficient (Wildman–Crippen LogP) is 2.45. The number of piperazine rings is 1. The predicted molar refractivity (Wildman–Crippen MR) is 86.9 cm³/mol. The van der Waals surface area contributed by atoms with E-state index in [0.717, 1.165) is 36.4 Å². The third-order valence-electron chi connectivity index (χ3n) is 3.92. The Hall–Kier alpha value is -0.430. The summed E-state index contributed by atoms with van der Waals surface area (Å²) in [6, 6.07) is 4.63. The fourth-order valence-corrected chi connectivity index (χ4v) is 4.32. The zero-order valence-electron chi connectivity index (χ0n) is 12.0. The molecule has 112 valence electrons. The smallest absolute Gasteiger partial charge is 0.219 e. The first-order valence-electron chi connectivity index (χ1n) is 7.03. The van der Waals surface area contributed by atoms with Gasteiger partial charge in [0.2, 0.25) is 5.91 Å². The summed E-state index contributed by atoms with van der Waals surface area (Å²) in [6.07, 6.45) is 0.951. The molecule has 4 nitrogen and oxygen atoms in total. The molecule has 0 saturated carbocycles. The zero-order valence-corrected chi connectivity index (χ0v) is 14.4.